The number of hydrogen-bond acceptors (Lipinski definition) is 3. The SMILES string of the molecule is CC(C)C(CN)C(=O)NCCOCC(F)F. The highest BCUT2D eigenvalue weighted by molar-refractivity contribution is 5.79. The van der Waals surface area contributed by atoms with E-state index in [1.807, 2.05) is 13.8 Å². The molecule has 3 N–H and O–H groups in total. The fraction of sp³-hybridized carbons (Fsp3) is 0.900. The number of alkyl halides is 2. The largest absolute Gasteiger partial charge is 0.374 e. The molecule has 0 saturated carbocycles. The summed E-state index contributed by atoms with van der Waals surface area (Å²) in [6.45, 7) is 3.82. The number of nitrogens with two attached hydrogens (primary N) is 1. The Bertz CT molecular complexity index is 201. The molecule has 0 radical (unpaired) electrons. The van der Waals surface area contributed by atoms with E-state index in [2.05, 4.69) is 10.1 Å². The van der Waals surface area contributed by atoms with Gasteiger partial charge in [0.2, 0.25) is 5.91 Å². The van der Waals surface area contributed by atoms with Crippen molar-refractivity contribution in [3.8, 4) is 0 Å². The first kappa shape index (κ1) is 15.2. The standard InChI is InChI=1S/C10H20F2N2O2/c1-7(2)8(5-13)10(15)14-3-4-16-6-9(11)12/h7-9H,3-6,13H2,1-2H3,(H,14,15). The van der Waals surface area contributed by atoms with E-state index in [4.69, 9.17) is 5.73 Å². The second-order valence-corrected chi connectivity index (χ2v) is 3.84. The zero-order valence-electron chi connectivity index (χ0n) is 9.71. The fourth-order valence-corrected chi connectivity index (χ4v) is 1.23. The van der Waals surface area contributed by atoms with E-state index in [0.29, 0.717) is 0 Å². The molecular weight excluding hydrogens is 218 g/mol. The third kappa shape index (κ3) is 6.68. The van der Waals surface area contributed by atoms with Crippen molar-refractivity contribution in [1.29, 1.82) is 0 Å². The summed E-state index contributed by atoms with van der Waals surface area (Å²) >= 11 is 0. The van der Waals surface area contributed by atoms with Gasteiger partial charge in [0.15, 0.2) is 0 Å². The lowest BCUT2D eigenvalue weighted by molar-refractivity contribution is -0.126. The molecule has 1 unspecified atom stereocenters. The lowest BCUT2D eigenvalue weighted by atomic mass is 9.95. The van der Waals surface area contributed by atoms with Crippen molar-refractivity contribution >= 4 is 5.91 Å². The number of ether oxygens (including phenoxy) is 1. The molecule has 6 heteroatoms. The molecular formula is C10H20F2N2O2. The number of amides is 1. The minimum Gasteiger partial charge on any atom is -0.374 e. The molecule has 0 aliphatic rings. The van der Waals surface area contributed by atoms with E-state index >= 15 is 0 Å². The molecule has 4 nitrogen and oxygen atoms in total. The van der Waals surface area contributed by atoms with Gasteiger partial charge in [-0.3, -0.25) is 4.79 Å². The van der Waals surface area contributed by atoms with Crippen LogP contribution >= 0.6 is 0 Å². The van der Waals surface area contributed by atoms with Crippen molar-refractivity contribution in [3.05, 3.63) is 0 Å². The van der Waals surface area contributed by atoms with E-state index in [-0.39, 0.29) is 37.4 Å². The monoisotopic (exact) mass is 238 g/mol. The van der Waals surface area contributed by atoms with Gasteiger partial charge in [-0.25, -0.2) is 8.78 Å². The number of carbonyl (C=O) groups excluding carboxylic acids is 1. The molecule has 96 valence electrons. The predicted octanol–water partition coefficient (Wildman–Crippen LogP) is 0.615. The molecule has 0 aromatic carbocycles. The van der Waals surface area contributed by atoms with Crippen molar-refractivity contribution in [2.24, 2.45) is 17.6 Å². The summed E-state index contributed by atoms with van der Waals surface area (Å²) < 4.78 is 28.0. The third-order valence-corrected chi connectivity index (χ3v) is 2.18. The summed E-state index contributed by atoms with van der Waals surface area (Å²) in [4.78, 5) is 11.5. The summed E-state index contributed by atoms with van der Waals surface area (Å²) in [6.07, 6.45) is -2.47. The molecule has 0 aliphatic carbocycles. The summed E-state index contributed by atoms with van der Waals surface area (Å²) in [5.74, 6) is -0.236. The van der Waals surface area contributed by atoms with E-state index in [1.54, 1.807) is 0 Å². The highest BCUT2D eigenvalue weighted by Crippen LogP contribution is 2.08. The molecule has 0 saturated heterocycles. The third-order valence-electron chi connectivity index (χ3n) is 2.18. The molecule has 0 aromatic rings. The second-order valence-electron chi connectivity index (χ2n) is 3.84. The molecule has 0 heterocycles. The molecule has 0 fully saturated rings. The van der Waals surface area contributed by atoms with E-state index in [9.17, 15) is 13.6 Å². The van der Waals surface area contributed by atoms with E-state index in [0.717, 1.165) is 0 Å². The second kappa shape index (κ2) is 8.41. The highest BCUT2D eigenvalue weighted by atomic mass is 19.3. The Morgan fingerprint density at radius 3 is 2.50 bits per heavy atom. The van der Waals surface area contributed by atoms with Crippen LogP contribution in [0, 0.1) is 11.8 Å². The quantitative estimate of drug-likeness (QED) is 0.609. The minimum absolute atomic E-state index is 0.0888. The van der Waals surface area contributed by atoms with Crippen LogP contribution < -0.4 is 11.1 Å². The molecule has 16 heavy (non-hydrogen) atoms. The summed E-state index contributed by atoms with van der Waals surface area (Å²) in [5.41, 5.74) is 5.45. The Morgan fingerprint density at radius 1 is 1.44 bits per heavy atom. The van der Waals surface area contributed by atoms with Crippen LogP contribution in [0.5, 0.6) is 0 Å². The predicted molar refractivity (Wildman–Crippen MR) is 57.2 cm³/mol. The van der Waals surface area contributed by atoms with Crippen LogP contribution in [0.25, 0.3) is 0 Å². The van der Waals surface area contributed by atoms with E-state index in [1.165, 1.54) is 0 Å². The van der Waals surface area contributed by atoms with Gasteiger partial charge in [-0.15, -0.1) is 0 Å². The fourth-order valence-electron chi connectivity index (χ4n) is 1.23. The lowest BCUT2D eigenvalue weighted by Gasteiger charge is -2.18. The van der Waals surface area contributed by atoms with Gasteiger partial charge in [-0.05, 0) is 5.92 Å². The van der Waals surface area contributed by atoms with Gasteiger partial charge < -0.3 is 15.8 Å². The van der Waals surface area contributed by atoms with Crippen molar-refractivity contribution in [1.82, 2.24) is 5.32 Å². The molecule has 1 amide bonds. The smallest absolute Gasteiger partial charge is 0.261 e. The van der Waals surface area contributed by atoms with Gasteiger partial charge >= 0.3 is 0 Å². The van der Waals surface area contributed by atoms with Gasteiger partial charge in [-0.2, -0.15) is 0 Å². The number of carbonyl (C=O) groups is 1. The van der Waals surface area contributed by atoms with Crippen LogP contribution in [0.15, 0.2) is 0 Å². The average Bonchev–Trinajstić information content (AvgIpc) is 2.17. The van der Waals surface area contributed by atoms with Crippen molar-refractivity contribution < 1.29 is 18.3 Å². The molecule has 0 aromatic heterocycles. The van der Waals surface area contributed by atoms with Crippen LogP contribution in [0.4, 0.5) is 8.78 Å². The van der Waals surface area contributed by atoms with Crippen LogP contribution in [0.2, 0.25) is 0 Å². The summed E-state index contributed by atoms with van der Waals surface area (Å²) in [7, 11) is 0. The van der Waals surface area contributed by atoms with Crippen LogP contribution in [0.3, 0.4) is 0 Å². The Morgan fingerprint density at radius 2 is 2.06 bits per heavy atom. The zero-order valence-corrected chi connectivity index (χ0v) is 9.71. The molecule has 0 bridgehead atoms. The Kier molecular flexibility index (Phi) is 8.01. The maximum absolute atomic E-state index is 11.7. The number of hydrogen-bond donors (Lipinski definition) is 2. The molecule has 1 atom stereocenters. The van der Waals surface area contributed by atoms with Gasteiger partial charge in [-0.1, -0.05) is 13.8 Å². The topological polar surface area (TPSA) is 64.4 Å². The molecule has 0 aliphatic heterocycles. The van der Waals surface area contributed by atoms with Crippen molar-refractivity contribution in [2.45, 2.75) is 20.3 Å². The maximum Gasteiger partial charge on any atom is 0.261 e. The Hall–Kier alpha value is -0.750. The Balaban J connectivity index is 3.64. The van der Waals surface area contributed by atoms with Crippen molar-refractivity contribution in [3.63, 3.8) is 0 Å². The number of nitrogens with one attached hydrogen (secondary N) is 1. The Labute approximate surface area is 94.5 Å². The first-order chi connectivity index (χ1) is 7.49. The zero-order chi connectivity index (χ0) is 12.6. The van der Waals surface area contributed by atoms with Crippen LogP contribution in [-0.4, -0.2) is 38.6 Å². The summed E-state index contributed by atoms with van der Waals surface area (Å²) in [5, 5.41) is 2.60. The van der Waals surface area contributed by atoms with Gasteiger partial charge in [0.1, 0.15) is 6.61 Å². The average molecular weight is 238 g/mol. The minimum atomic E-state index is -2.47. The first-order valence-corrected chi connectivity index (χ1v) is 5.32. The van der Waals surface area contributed by atoms with Crippen LogP contribution in [0.1, 0.15) is 13.8 Å². The molecule has 0 spiro atoms. The maximum atomic E-state index is 11.7. The molecule has 0 rings (SSSR count). The number of rotatable bonds is 8. The highest BCUT2D eigenvalue weighted by Gasteiger charge is 2.19. The normalized spacial score (nSPS) is 13.2. The lowest BCUT2D eigenvalue weighted by Crippen LogP contribution is -2.39. The number of halogens is 2. The van der Waals surface area contributed by atoms with Gasteiger partial charge in [0.05, 0.1) is 12.5 Å². The van der Waals surface area contributed by atoms with Crippen LogP contribution in [-0.2, 0) is 9.53 Å². The first-order valence-electron chi connectivity index (χ1n) is 5.32. The van der Waals surface area contributed by atoms with Gasteiger partial charge in [0, 0.05) is 13.1 Å². The van der Waals surface area contributed by atoms with Crippen molar-refractivity contribution in [2.75, 3.05) is 26.3 Å². The van der Waals surface area contributed by atoms with Gasteiger partial charge in [0.25, 0.3) is 6.43 Å². The van der Waals surface area contributed by atoms with E-state index < -0.39 is 13.0 Å². The summed E-state index contributed by atoms with van der Waals surface area (Å²) in [6, 6.07) is 0.